The zero-order chi connectivity index (χ0) is 16.9. The molecule has 4 saturated carbocycles. The van der Waals surface area contributed by atoms with Crippen LogP contribution < -0.4 is 5.32 Å². The highest BCUT2D eigenvalue weighted by Crippen LogP contribution is 2.55. The van der Waals surface area contributed by atoms with E-state index in [0.29, 0.717) is 5.54 Å². The molecule has 2 aromatic rings. The summed E-state index contributed by atoms with van der Waals surface area (Å²) in [4.78, 5) is 0. The van der Waals surface area contributed by atoms with Gasteiger partial charge in [-0.15, -0.1) is 5.10 Å². The van der Waals surface area contributed by atoms with E-state index in [1.54, 1.807) is 0 Å². The molecule has 5 heteroatoms. The van der Waals surface area contributed by atoms with Crippen molar-refractivity contribution >= 4 is 11.6 Å². The van der Waals surface area contributed by atoms with E-state index >= 15 is 0 Å². The molecule has 0 amide bonds. The lowest BCUT2D eigenvalue weighted by Crippen LogP contribution is -2.58. The molecular formula is C20H25ClN4. The standard InChI is InChI=1S/C20H25ClN4/c21-18-3-1-14(2-4-18)12-25-13-19(23-24-25)11-22-20-8-15-5-16(9-20)7-17(6-15)10-20/h1-4,13,15-17,22H,5-12H2. The number of rotatable bonds is 5. The first-order valence-corrected chi connectivity index (χ1v) is 9.92. The minimum atomic E-state index is 0.384. The summed E-state index contributed by atoms with van der Waals surface area (Å²) in [6.07, 6.45) is 10.6. The summed E-state index contributed by atoms with van der Waals surface area (Å²) in [7, 11) is 0. The second-order valence-corrected chi connectivity index (χ2v) is 9.02. The van der Waals surface area contributed by atoms with Gasteiger partial charge >= 0.3 is 0 Å². The van der Waals surface area contributed by atoms with E-state index in [-0.39, 0.29) is 0 Å². The lowest BCUT2D eigenvalue weighted by Gasteiger charge is -2.57. The van der Waals surface area contributed by atoms with Crippen molar-refractivity contribution in [2.45, 2.75) is 57.2 Å². The Kier molecular flexibility index (Phi) is 3.86. The highest BCUT2D eigenvalue weighted by Gasteiger charge is 2.50. The van der Waals surface area contributed by atoms with Gasteiger partial charge in [-0.1, -0.05) is 28.9 Å². The first-order valence-electron chi connectivity index (χ1n) is 9.54. The number of nitrogens with one attached hydrogen (secondary N) is 1. The summed E-state index contributed by atoms with van der Waals surface area (Å²) in [5.74, 6) is 2.91. The third kappa shape index (κ3) is 3.22. The van der Waals surface area contributed by atoms with Gasteiger partial charge in [0.25, 0.3) is 0 Å². The summed E-state index contributed by atoms with van der Waals surface area (Å²) >= 11 is 5.95. The number of nitrogens with zero attached hydrogens (tertiary/aromatic N) is 3. The Bertz CT molecular complexity index is 716. The minimum Gasteiger partial charge on any atom is -0.305 e. The van der Waals surface area contributed by atoms with Crippen LogP contribution in [0.5, 0.6) is 0 Å². The van der Waals surface area contributed by atoms with Gasteiger partial charge in [0.05, 0.1) is 18.4 Å². The van der Waals surface area contributed by atoms with Crippen LogP contribution in [0, 0.1) is 17.8 Å². The number of aromatic nitrogens is 3. The van der Waals surface area contributed by atoms with Gasteiger partial charge in [-0.3, -0.25) is 0 Å². The van der Waals surface area contributed by atoms with Crippen LogP contribution >= 0.6 is 11.6 Å². The summed E-state index contributed by atoms with van der Waals surface area (Å²) < 4.78 is 1.92. The van der Waals surface area contributed by atoms with Crippen molar-refractivity contribution in [2.24, 2.45) is 17.8 Å². The molecule has 4 aliphatic carbocycles. The maximum absolute atomic E-state index is 5.95. The van der Waals surface area contributed by atoms with Crippen molar-refractivity contribution < 1.29 is 0 Å². The highest BCUT2D eigenvalue weighted by molar-refractivity contribution is 6.30. The van der Waals surface area contributed by atoms with Gasteiger partial charge in [0, 0.05) is 17.1 Å². The first-order chi connectivity index (χ1) is 12.2. The smallest absolute Gasteiger partial charge is 0.0965 e. The van der Waals surface area contributed by atoms with E-state index in [4.69, 9.17) is 11.6 Å². The van der Waals surface area contributed by atoms with Crippen LogP contribution in [0.25, 0.3) is 0 Å². The Morgan fingerprint density at radius 3 is 2.32 bits per heavy atom. The Morgan fingerprint density at radius 1 is 1.04 bits per heavy atom. The molecule has 1 aromatic carbocycles. The molecule has 4 fully saturated rings. The molecule has 4 bridgehead atoms. The average Bonchev–Trinajstić information content (AvgIpc) is 3.02. The van der Waals surface area contributed by atoms with Crippen LogP contribution in [0.1, 0.15) is 49.8 Å². The van der Waals surface area contributed by atoms with E-state index in [9.17, 15) is 0 Å². The topological polar surface area (TPSA) is 42.7 Å². The molecule has 0 aliphatic heterocycles. The minimum absolute atomic E-state index is 0.384. The predicted molar refractivity (Wildman–Crippen MR) is 98.3 cm³/mol. The van der Waals surface area contributed by atoms with Crippen molar-refractivity contribution in [3.05, 3.63) is 46.7 Å². The maximum atomic E-state index is 5.95. The third-order valence-electron chi connectivity index (χ3n) is 6.53. The molecule has 0 radical (unpaired) electrons. The largest absolute Gasteiger partial charge is 0.305 e. The monoisotopic (exact) mass is 356 g/mol. The van der Waals surface area contributed by atoms with Gasteiger partial charge in [0.15, 0.2) is 0 Å². The molecule has 6 rings (SSSR count). The normalized spacial score (nSPS) is 33.1. The van der Waals surface area contributed by atoms with Crippen molar-refractivity contribution in [3.8, 4) is 0 Å². The molecule has 0 saturated heterocycles. The van der Waals surface area contributed by atoms with Crippen molar-refractivity contribution in [3.63, 3.8) is 0 Å². The molecule has 1 N–H and O–H groups in total. The molecule has 4 aliphatic rings. The van der Waals surface area contributed by atoms with Crippen LogP contribution in [0.4, 0.5) is 0 Å². The molecule has 25 heavy (non-hydrogen) atoms. The molecule has 0 spiro atoms. The van der Waals surface area contributed by atoms with Gasteiger partial charge in [0.2, 0.25) is 0 Å². The number of hydrogen-bond acceptors (Lipinski definition) is 3. The van der Waals surface area contributed by atoms with Gasteiger partial charge in [0.1, 0.15) is 0 Å². The fourth-order valence-corrected chi connectivity index (χ4v) is 6.00. The fraction of sp³-hybridized carbons (Fsp3) is 0.600. The lowest BCUT2D eigenvalue weighted by molar-refractivity contribution is -0.0207. The van der Waals surface area contributed by atoms with E-state index < -0.39 is 0 Å². The van der Waals surface area contributed by atoms with E-state index in [0.717, 1.165) is 41.6 Å². The Labute approximate surface area is 153 Å². The van der Waals surface area contributed by atoms with Crippen LogP contribution in [0.2, 0.25) is 5.02 Å². The first kappa shape index (κ1) is 15.8. The molecule has 132 valence electrons. The van der Waals surface area contributed by atoms with Gasteiger partial charge in [-0.2, -0.15) is 0 Å². The van der Waals surface area contributed by atoms with Crippen LogP contribution in [0.15, 0.2) is 30.5 Å². The molecule has 1 heterocycles. The molecule has 0 atom stereocenters. The molecule has 0 unspecified atom stereocenters. The number of benzene rings is 1. The maximum Gasteiger partial charge on any atom is 0.0965 e. The predicted octanol–water partition coefficient (Wildman–Crippen LogP) is 4.04. The Balaban J connectivity index is 1.22. The second kappa shape index (κ2) is 6.10. The van der Waals surface area contributed by atoms with Crippen molar-refractivity contribution in [1.82, 2.24) is 20.3 Å². The Hall–Kier alpha value is -1.39. The van der Waals surface area contributed by atoms with Crippen LogP contribution in [-0.2, 0) is 13.1 Å². The molecule has 1 aromatic heterocycles. The van der Waals surface area contributed by atoms with Crippen molar-refractivity contribution in [2.75, 3.05) is 0 Å². The second-order valence-electron chi connectivity index (χ2n) is 8.59. The van der Waals surface area contributed by atoms with Gasteiger partial charge in [-0.05, 0) is 74.0 Å². The zero-order valence-electron chi connectivity index (χ0n) is 14.5. The Morgan fingerprint density at radius 2 is 1.68 bits per heavy atom. The van der Waals surface area contributed by atoms with E-state index in [2.05, 4.69) is 21.8 Å². The van der Waals surface area contributed by atoms with E-state index in [1.165, 1.54) is 44.1 Å². The summed E-state index contributed by atoms with van der Waals surface area (Å²) in [5, 5.41) is 13.3. The van der Waals surface area contributed by atoms with E-state index in [1.807, 2.05) is 28.9 Å². The van der Waals surface area contributed by atoms with Crippen molar-refractivity contribution in [1.29, 1.82) is 0 Å². The molecule has 4 nitrogen and oxygen atoms in total. The summed E-state index contributed by atoms with van der Waals surface area (Å²) in [6, 6.07) is 7.92. The summed E-state index contributed by atoms with van der Waals surface area (Å²) in [6.45, 7) is 1.58. The van der Waals surface area contributed by atoms with Crippen LogP contribution in [-0.4, -0.2) is 20.5 Å². The van der Waals surface area contributed by atoms with Gasteiger partial charge in [-0.25, -0.2) is 4.68 Å². The SMILES string of the molecule is Clc1ccc(Cn2cc(CNC34CC5CC(CC(C5)C3)C4)nn2)cc1. The lowest BCUT2D eigenvalue weighted by atomic mass is 9.53. The fourth-order valence-electron chi connectivity index (χ4n) is 5.88. The zero-order valence-corrected chi connectivity index (χ0v) is 15.3. The number of halogens is 1. The third-order valence-corrected chi connectivity index (χ3v) is 6.78. The average molecular weight is 357 g/mol. The summed E-state index contributed by atoms with van der Waals surface area (Å²) in [5.41, 5.74) is 2.62. The highest BCUT2D eigenvalue weighted by atomic mass is 35.5. The molecular weight excluding hydrogens is 332 g/mol. The quantitative estimate of drug-likeness (QED) is 0.879. The van der Waals surface area contributed by atoms with Gasteiger partial charge < -0.3 is 5.32 Å². The van der Waals surface area contributed by atoms with Crippen LogP contribution in [0.3, 0.4) is 0 Å². The number of hydrogen-bond donors (Lipinski definition) is 1.